The van der Waals surface area contributed by atoms with Crippen LogP contribution in [0.1, 0.15) is 30.7 Å². The van der Waals surface area contributed by atoms with E-state index >= 15 is 0 Å². The zero-order chi connectivity index (χ0) is 10.8. The Morgan fingerprint density at radius 1 is 1.67 bits per heavy atom. The molecular weight excluding hydrogens is 198 g/mol. The summed E-state index contributed by atoms with van der Waals surface area (Å²) < 4.78 is 5.09. The number of amides is 1. The third kappa shape index (κ3) is 2.01. The minimum atomic E-state index is -0.860. The summed E-state index contributed by atoms with van der Waals surface area (Å²) in [4.78, 5) is 21.9. The van der Waals surface area contributed by atoms with Gasteiger partial charge >= 0.3 is 5.97 Å². The molecule has 1 atom stereocenters. The number of furan rings is 1. The first-order valence-electron chi connectivity index (χ1n) is 4.76. The van der Waals surface area contributed by atoms with Crippen molar-refractivity contribution < 1.29 is 19.1 Å². The molecule has 2 rings (SSSR count). The lowest BCUT2D eigenvalue weighted by Gasteiger charge is -2.09. The van der Waals surface area contributed by atoms with Crippen molar-refractivity contribution in [1.29, 1.82) is 0 Å². The highest BCUT2D eigenvalue weighted by Crippen LogP contribution is 2.34. The molecule has 2 N–H and O–H groups in total. The highest BCUT2D eigenvalue weighted by molar-refractivity contribution is 5.91. The molecule has 1 aliphatic heterocycles. The summed E-state index contributed by atoms with van der Waals surface area (Å²) in [7, 11) is 0. The van der Waals surface area contributed by atoms with Gasteiger partial charge in [0.05, 0.1) is 12.7 Å². The molecule has 0 saturated carbocycles. The topological polar surface area (TPSA) is 79.5 Å². The van der Waals surface area contributed by atoms with Crippen LogP contribution >= 0.6 is 0 Å². The van der Waals surface area contributed by atoms with E-state index in [9.17, 15) is 9.59 Å². The van der Waals surface area contributed by atoms with Crippen molar-refractivity contribution in [2.45, 2.75) is 25.2 Å². The fourth-order valence-corrected chi connectivity index (χ4v) is 1.81. The maximum absolute atomic E-state index is 11.3. The smallest absolute Gasteiger partial charge is 0.303 e. The van der Waals surface area contributed by atoms with E-state index in [1.165, 1.54) is 6.26 Å². The van der Waals surface area contributed by atoms with E-state index in [0.717, 1.165) is 5.56 Å². The number of hydrogen-bond donors (Lipinski definition) is 2. The number of aliphatic carboxylic acids is 1. The molecule has 1 aliphatic rings. The fourth-order valence-electron chi connectivity index (χ4n) is 1.81. The molecule has 0 radical (unpaired) electrons. The lowest BCUT2D eigenvalue weighted by molar-refractivity contribution is -0.137. The van der Waals surface area contributed by atoms with Crippen molar-refractivity contribution in [2.24, 2.45) is 0 Å². The lowest BCUT2D eigenvalue weighted by Crippen LogP contribution is -2.08. The molecule has 0 aromatic carbocycles. The molecule has 1 aromatic rings. The zero-order valence-electron chi connectivity index (χ0n) is 8.03. The summed E-state index contributed by atoms with van der Waals surface area (Å²) in [6, 6.07) is 1.72. The highest BCUT2D eigenvalue weighted by atomic mass is 16.4. The van der Waals surface area contributed by atoms with Crippen LogP contribution in [0.2, 0.25) is 0 Å². The number of carboxylic acid groups (broad SMARTS) is 1. The molecule has 5 nitrogen and oxygen atoms in total. The Labute approximate surface area is 86.1 Å². The van der Waals surface area contributed by atoms with E-state index in [0.29, 0.717) is 18.7 Å². The van der Waals surface area contributed by atoms with Gasteiger partial charge in [-0.05, 0) is 12.5 Å². The summed E-state index contributed by atoms with van der Waals surface area (Å²) in [5, 5.41) is 11.4. The zero-order valence-corrected chi connectivity index (χ0v) is 8.03. The molecular formula is C10H11NO4. The molecule has 0 spiro atoms. The number of carbonyl (C=O) groups excluding carboxylic acids is 1. The first-order chi connectivity index (χ1) is 7.16. The van der Waals surface area contributed by atoms with E-state index in [-0.39, 0.29) is 18.2 Å². The van der Waals surface area contributed by atoms with Gasteiger partial charge in [0.2, 0.25) is 11.8 Å². The summed E-state index contributed by atoms with van der Waals surface area (Å²) in [6.07, 6.45) is 2.37. The van der Waals surface area contributed by atoms with Crippen molar-refractivity contribution in [3.8, 4) is 0 Å². The van der Waals surface area contributed by atoms with E-state index < -0.39 is 5.97 Å². The van der Waals surface area contributed by atoms with Crippen LogP contribution in [-0.4, -0.2) is 17.0 Å². The van der Waals surface area contributed by atoms with Crippen LogP contribution in [0.25, 0.3) is 0 Å². The highest BCUT2D eigenvalue weighted by Gasteiger charge is 2.25. The van der Waals surface area contributed by atoms with Gasteiger partial charge in [0.25, 0.3) is 0 Å². The Bertz CT molecular complexity index is 396. The van der Waals surface area contributed by atoms with Gasteiger partial charge < -0.3 is 9.52 Å². The molecule has 80 valence electrons. The number of carbonyl (C=O) groups is 2. The molecule has 0 aliphatic carbocycles. The first kappa shape index (κ1) is 9.76. The van der Waals surface area contributed by atoms with Gasteiger partial charge in [-0.15, -0.1) is 0 Å². The summed E-state index contributed by atoms with van der Waals surface area (Å²) in [6.45, 7) is 0. The van der Waals surface area contributed by atoms with E-state index in [1.807, 2.05) is 0 Å². The number of fused-ring (bicyclic) bond motifs is 1. The Balaban J connectivity index is 2.27. The average molecular weight is 209 g/mol. The van der Waals surface area contributed by atoms with Crippen molar-refractivity contribution in [2.75, 3.05) is 5.32 Å². The first-order valence-corrected chi connectivity index (χ1v) is 4.76. The molecule has 15 heavy (non-hydrogen) atoms. The normalized spacial score (nSPS) is 20.3. The molecule has 2 heterocycles. The SMILES string of the molecule is O=C(O)CC1CCC(=O)Nc2occc21. The molecule has 0 saturated heterocycles. The largest absolute Gasteiger partial charge is 0.481 e. The van der Waals surface area contributed by atoms with E-state index in [1.54, 1.807) is 6.07 Å². The predicted octanol–water partition coefficient (Wildman–Crippen LogP) is 1.57. The van der Waals surface area contributed by atoms with E-state index in [2.05, 4.69) is 5.32 Å². The van der Waals surface area contributed by atoms with Crippen LogP contribution < -0.4 is 5.32 Å². The maximum Gasteiger partial charge on any atom is 0.303 e. The standard InChI is InChI=1S/C10H11NO4/c12-8-2-1-6(5-9(13)14)7-3-4-15-10(7)11-8/h3-4,6H,1-2,5H2,(H,11,12)(H,13,14). The predicted molar refractivity (Wildman–Crippen MR) is 51.6 cm³/mol. The van der Waals surface area contributed by atoms with Gasteiger partial charge in [0.1, 0.15) is 0 Å². The molecule has 1 unspecified atom stereocenters. The van der Waals surface area contributed by atoms with Crippen LogP contribution in [0.3, 0.4) is 0 Å². The molecule has 5 heteroatoms. The Morgan fingerprint density at radius 2 is 2.47 bits per heavy atom. The number of hydrogen-bond acceptors (Lipinski definition) is 3. The fraction of sp³-hybridized carbons (Fsp3) is 0.400. The van der Waals surface area contributed by atoms with Crippen LogP contribution in [0.5, 0.6) is 0 Å². The van der Waals surface area contributed by atoms with Crippen LogP contribution in [0, 0.1) is 0 Å². The summed E-state index contributed by atoms with van der Waals surface area (Å²) in [5.41, 5.74) is 0.781. The third-order valence-corrected chi connectivity index (χ3v) is 2.53. The summed E-state index contributed by atoms with van der Waals surface area (Å²) >= 11 is 0. The number of carboxylic acids is 1. The second-order valence-corrected chi connectivity index (χ2v) is 3.59. The van der Waals surface area contributed by atoms with Gasteiger partial charge in [0, 0.05) is 17.9 Å². The van der Waals surface area contributed by atoms with E-state index in [4.69, 9.17) is 9.52 Å². The number of nitrogens with one attached hydrogen (secondary N) is 1. The third-order valence-electron chi connectivity index (χ3n) is 2.53. The molecule has 1 aromatic heterocycles. The Hall–Kier alpha value is -1.78. The average Bonchev–Trinajstić information content (AvgIpc) is 2.55. The molecule has 0 fully saturated rings. The van der Waals surface area contributed by atoms with Gasteiger partial charge in [0.15, 0.2) is 0 Å². The maximum atomic E-state index is 11.3. The molecule has 1 amide bonds. The number of anilines is 1. The van der Waals surface area contributed by atoms with Gasteiger partial charge in [-0.25, -0.2) is 0 Å². The minimum absolute atomic E-state index is 0.0293. The Kier molecular flexibility index (Phi) is 2.45. The molecule has 0 bridgehead atoms. The summed E-state index contributed by atoms with van der Waals surface area (Å²) in [5.74, 6) is -0.737. The van der Waals surface area contributed by atoms with Crippen molar-refractivity contribution in [3.63, 3.8) is 0 Å². The van der Waals surface area contributed by atoms with Crippen molar-refractivity contribution in [1.82, 2.24) is 0 Å². The lowest BCUT2D eigenvalue weighted by atomic mass is 9.93. The van der Waals surface area contributed by atoms with Gasteiger partial charge in [-0.2, -0.15) is 0 Å². The minimum Gasteiger partial charge on any atom is -0.481 e. The van der Waals surface area contributed by atoms with Crippen molar-refractivity contribution >= 4 is 17.8 Å². The second-order valence-electron chi connectivity index (χ2n) is 3.59. The van der Waals surface area contributed by atoms with Crippen LogP contribution in [-0.2, 0) is 9.59 Å². The van der Waals surface area contributed by atoms with Crippen molar-refractivity contribution in [3.05, 3.63) is 17.9 Å². The van der Waals surface area contributed by atoms with Crippen LogP contribution in [0.4, 0.5) is 5.88 Å². The monoisotopic (exact) mass is 209 g/mol. The number of rotatable bonds is 2. The van der Waals surface area contributed by atoms with Crippen LogP contribution in [0.15, 0.2) is 16.7 Å². The van der Waals surface area contributed by atoms with Gasteiger partial charge in [-0.1, -0.05) is 0 Å². The quantitative estimate of drug-likeness (QED) is 0.774. The second kappa shape index (κ2) is 3.76. The van der Waals surface area contributed by atoms with Gasteiger partial charge in [-0.3, -0.25) is 14.9 Å². The Morgan fingerprint density at radius 3 is 3.20 bits per heavy atom.